The molecular weight excluding hydrogens is 290 g/mol. The van der Waals surface area contributed by atoms with Gasteiger partial charge in [-0.05, 0) is 5.22 Å². The fourth-order valence-corrected chi connectivity index (χ4v) is 0.915. The molecular formula is C3H7N9O8. The average Bonchev–Trinajstić information content (AvgIpc) is 2.76. The Morgan fingerprint density at radius 2 is 1.70 bits per heavy atom. The van der Waals surface area contributed by atoms with Crippen LogP contribution in [0.5, 0.6) is 0 Å². The fraction of sp³-hybridized carbons (Fsp3) is 0.667. The third kappa shape index (κ3) is 2.85. The quantitative estimate of drug-likeness (QED) is 0.186. The summed E-state index contributed by atoms with van der Waals surface area (Å²) in [6.07, 6.45) is -2.77. The number of nitrogens with one attached hydrogen (secondary N) is 1. The SMILES string of the molecule is N[NH3+].O=C([O-])C1([N+](=O)[O-])N=NN(C([N+](=O)[O-])[N+](=O)[O-])N1. The summed E-state index contributed by atoms with van der Waals surface area (Å²) in [6, 6.07) is 0. The van der Waals surface area contributed by atoms with Crippen molar-refractivity contribution in [3.8, 4) is 0 Å². The van der Waals surface area contributed by atoms with Crippen LogP contribution in [-0.2, 0) is 4.79 Å². The number of quaternary nitrogens is 1. The van der Waals surface area contributed by atoms with Crippen molar-refractivity contribution >= 4 is 5.97 Å². The van der Waals surface area contributed by atoms with E-state index in [2.05, 4.69) is 22.0 Å². The van der Waals surface area contributed by atoms with Crippen LogP contribution in [0.2, 0.25) is 0 Å². The Morgan fingerprint density at radius 3 is 1.95 bits per heavy atom. The van der Waals surface area contributed by atoms with Crippen molar-refractivity contribution in [1.82, 2.24) is 10.5 Å². The molecule has 0 aliphatic carbocycles. The molecule has 1 atom stereocenters. The lowest BCUT2D eigenvalue weighted by molar-refractivity contribution is -0.773. The Labute approximate surface area is 107 Å². The first kappa shape index (κ1) is 16.9. The maximum absolute atomic E-state index is 10.5. The Kier molecular flexibility index (Phi) is 5.27. The van der Waals surface area contributed by atoms with Crippen molar-refractivity contribution in [1.29, 1.82) is 0 Å². The predicted molar refractivity (Wildman–Crippen MR) is 49.4 cm³/mol. The van der Waals surface area contributed by atoms with Gasteiger partial charge in [0.1, 0.15) is 9.85 Å². The number of hydrazine groups is 1. The second-order valence-electron chi connectivity index (χ2n) is 2.78. The van der Waals surface area contributed by atoms with Gasteiger partial charge in [0.2, 0.25) is 0 Å². The predicted octanol–water partition coefficient (Wildman–Crippen LogP) is -5.21. The number of hydrogen-bond acceptors (Lipinski definition) is 13. The highest BCUT2D eigenvalue weighted by Gasteiger charge is 2.57. The summed E-state index contributed by atoms with van der Waals surface area (Å²) >= 11 is 0. The summed E-state index contributed by atoms with van der Waals surface area (Å²) in [7, 11) is 0. The van der Waals surface area contributed by atoms with Crippen molar-refractivity contribution in [2.24, 2.45) is 16.2 Å². The zero-order valence-electron chi connectivity index (χ0n) is 9.31. The molecule has 0 saturated carbocycles. The van der Waals surface area contributed by atoms with Crippen molar-refractivity contribution in [3.63, 3.8) is 0 Å². The summed E-state index contributed by atoms with van der Waals surface area (Å²) in [5.74, 6) is 1.29. The van der Waals surface area contributed by atoms with Gasteiger partial charge in [0.25, 0.3) is 0 Å². The fourth-order valence-electron chi connectivity index (χ4n) is 0.915. The van der Waals surface area contributed by atoms with Crippen molar-refractivity contribution in [3.05, 3.63) is 30.3 Å². The number of carboxylic acid groups (broad SMARTS) is 1. The monoisotopic (exact) mass is 297 g/mol. The molecule has 0 fully saturated rings. The van der Waals surface area contributed by atoms with Gasteiger partial charge in [-0.1, -0.05) is 10.2 Å². The molecule has 0 spiro atoms. The Bertz CT molecular complexity index is 432. The average molecular weight is 297 g/mol. The summed E-state index contributed by atoms with van der Waals surface area (Å²) in [5, 5.41) is 46.7. The Balaban J connectivity index is 0.00000172. The molecule has 112 valence electrons. The molecule has 0 aromatic heterocycles. The number of carboxylic acids is 1. The van der Waals surface area contributed by atoms with E-state index in [0.29, 0.717) is 0 Å². The molecule has 0 aromatic rings. The van der Waals surface area contributed by atoms with Crippen LogP contribution in [0.25, 0.3) is 0 Å². The van der Waals surface area contributed by atoms with Crippen LogP contribution in [-0.4, -0.2) is 37.9 Å². The van der Waals surface area contributed by atoms with Gasteiger partial charge in [-0.2, -0.15) is 5.84 Å². The zero-order chi connectivity index (χ0) is 16.1. The van der Waals surface area contributed by atoms with Crippen LogP contribution in [0.1, 0.15) is 0 Å². The van der Waals surface area contributed by atoms with Crippen LogP contribution >= 0.6 is 0 Å². The molecule has 1 aliphatic rings. The Hall–Kier alpha value is -3.05. The molecule has 0 amide bonds. The van der Waals surface area contributed by atoms with E-state index in [1.807, 2.05) is 0 Å². The molecule has 0 aromatic carbocycles. The number of aliphatic carboxylic acids is 1. The van der Waals surface area contributed by atoms with Crippen molar-refractivity contribution in [2.75, 3.05) is 0 Å². The maximum atomic E-state index is 10.5. The molecule has 1 unspecified atom stereocenters. The lowest BCUT2D eigenvalue weighted by Gasteiger charge is -2.18. The van der Waals surface area contributed by atoms with Crippen LogP contribution in [0.15, 0.2) is 10.3 Å². The molecule has 0 bridgehead atoms. The van der Waals surface area contributed by atoms with Gasteiger partial charge in [0, 0.05) is 0 Å². The number of carbonyl (C=O) groups is 1. The van der Waals surface area contributed by atoms with E-state index < -0.39 is 32.8 Å². The van der Waals surface area contributed by atoms with Gasteiger partial charge in [0.15, 0.2) is 5.97 Å². The van der Waals surface area contributed by atoms with E-state index in [0.717, 1.165) is 0 Å². The first-order valence-electron chi connectivity index (χ1n) is 4.26. The third-order valence-electron chi connectivity index (χ3n) is 1.70. The number of nitro groups is 3. The van der Waals surface area contributed by atoms with Gasteiger partial charge >= 0.3 is 12.1 Å². The highest BCUT2D eigenvalue weighted by atomic mass is 16.7. The summed E-state index contributed by atoms with van der Waals surface area (Å²) < 4.78 is 0. The van der Waals surface area contributed by atoms with Gasteiger partial charge < -0.3 is 9.90 Å². The molecule has 0 saturated heterocycles. The van der Waals surface area contributed by atoms with Crippen molar-refractivity contribution < 1.29 is 30.5 Å². The summed E-state index contributed by atoms with van der Waals surface area (Å²) in [4.78, 5) is 37.2. The maximum Gasteiger partial charge on any atom is 0.565 e. The summed E-state index contributed by atoms with van der Waals surface area (Å²) in [5.41, 5.74) is 1.32. The van der Waals surface area contributed by atoms with E-state index in [1.165, 1.54) is 5.43 Å². The number of nitrogens with two attached hydrogens (primary N) is 1. The minimum absolute atomic E-state index is 0.265. The number of hydrogen-bond donors (Lipinski definition) is 3. The van der Waals surface area contributed by atoms with E-state index in [-0.39, 0.29) is 5.12 Å². The second-order valence-corrected chi connectivity index (χ2v) is 2.78. The highest BCUT2D eigenvalue weighted by Crippen LogP contribution is 2.18. The normalized spacial score (nSPS) is 20.2. The molecule has 17 nitrogen and oxygen atoms in total. The third-order valence-corrected chi connectivity index (χ3v) is 1.70. The highest BCUT2D eigenvalue weighted by molar-refractivity contribution is 5.73. The standard InChI is InChI=1S/C3H3N7O8.H4N2/c11-1(12)3(10(17)18)4-6-7(5-3)2(8(13)14)9(15)16;1-2/h2,5H,(H,11,12);1-2H2. The first-order chi connectivity index (χ1) is 9.22. The topological polar surface area (TPSA) is 263 Å². The smallest absolute Gasteiger partial charge is 0.540 e. The minimum atomic E-state index is -3.33. The van der Waals surface area contributed by atoms with Gasteiger partial charge in [-0.25, -0.2) is 0 Å². The molecule has 1 rings (SSSR count). The lowest BCUT2D eigenvalue weighted by Crippen LogP contribution is -2.65. The molecule has 1 heterocycles. The zero-order valence-corrected chi connectivity index (χ0v) is 9.31. The van der Waals surface area contributed by atoms with Crippen LogP contribution < -0.4 is 22.2 Å². The number of rotatable bonds is 5. The van der Waals surface area contributed by atoms with Gasteiger partial charge in [0.05, 0.1) is 4.92 Å². The van der Waals surface area contributed by atoms with Crippen LogP contribution in [0, 0.1) is 30.3 Å². The van der Waals surface area contributed by atoms with Gasteiger partial charge in [-0.15, -0.1) is 5.43 Å². The lowest BCUT2D eigenvalue weighted by atomic mass is 10.4. The van der Waals surface area contributed by atoms with E-state index in [9.17, 15) is 40.2 Å². The van der Waals surface area contributed by atoms with Crippen LogP contribution in [0.4, 0.5) is 0 Å². The van der Waals surface area contributed by atoms with E-state index >= 15 is 0 Å². The largest absolute Gasteiger partial charge is 0.565 e. The summed E-state index contributed by atoms with van der Waals surface area (Å²) in [6.45, 7) is 0. The van der Waals surface area contributed by atoms with E-state index in [4.69, 9.17) is 0 Å². The molecule has 20 heavy (non-hydrogen) atoms. The Morgan fingerprint density at radius 1 is 1.25 bits per heavy atom. The minimum Gasteiger partial charge on any atom is -0.540 e. The molecule has 1 aliphatic heterocycles. The number of nitrogens with zero attached hydrogens (tertiary/aromatic N) is 6. The second kappa shape index (κ2) is 6.21. The molecule has 17 heteroatoms. The van der Waals surface area contributed by atoms with E-state index in [1.54, 1.807) is 0 Å². The number of carbonyl (C=O) groups excluding carboxylic acids is 1. The molecule has 0 radical (unpaired) electrons. The van der Waals surface area contributed by atoms with Crippen LogP contribution in [0.3, 0.4) is 0 Å². The molecule has 6 N–H and O–H groups in total. The van der Waals surface area contributed by atoms with Gasteiger partial charge in [-0.3, -0.25) is 36.2 Å². The first-order valence-corrected chi connectivity index (χ1v) is 4.26. The van der Waals surface area contributed by atoms with Crippen molar-refractivity contribution in [2.45, 2.75) is 12.1 Å².